The monoisotopic (exact) mass is 267 g/mol. The first-order chi connectivity index (χ1) is 8.27. The van der Waals surface area contributed by atoms with E-state index < -0.39 is 29.5 Å². The third kappa shape index (κ3) is 1.94. The molecule has 18 heavy (non-hydrogen) atoms. The van der Waals surface area contributed by atoms with Gasteiger partial charge in [0.05, 0.1) is 6.10 Å². The number of aliphatic carboxylic acids is 1. The van der Waals surface area contributed by atoms with E-state index >= 15 is 0 Å². The lowest BCUT2D eigenvalue weighted by molar-refractivity contribution is -0.197. The van der Waals surface area contributed by atoms with Crippen LogP contribution in [0.15, 0.2) is 0 Å². The first-order valence-electron chi connectivity index (χ1n) is 5.52. The normalized spacial score (nSPS) is 35.3. The highest BCUT2D eigenvalue weighted by molar-refractivity contribution is 5.91. The zero-order valence-corrected chi connectivity index (χ0v) is 9.29. The van der Waals surface area contributed by atoms with Crippen LogP contribution in [0.25, 0.3) is 0 Å². The Morgan fingerprint density at radius 1 is 1.39 bits per heavy atom. The second kappa shape index (κ2) is 4.11. The highest BCUT2D eigenvalue weighted by Gasteiger charge is 2.63. The standard InChI is InChI=1S/C10H12F3NO4/c11-10(12,13)7(15)14-9(8(16)17)4-6-5(9)2-1-3-18-6/h5-6H,1-4H2,(H,14,15)(H,16,17)/t5-,6-,9+/m1/s1. The third-order valence-corrected chi connectivity index (χ3v) is 3.57. The van der Waals surface area contributed by atoms with E-state index in [0.717, 1.165) is 0 Å². The Morgan fingerprint density at radius 2 is 2.06 bits per heavy atom. The van der Waals surface area contributed by atoms with Crippen molar-refractivity contribution >= 4 is 11.9 Å². The van der Waals surface area contributed by atoms with Crippen molar-refractivity contribution in [1.29, 1.82) is 0 Å². The van der Waals surface area contributed by atoms with Gasteiger partial charge >= 0.3 is 18.1 Å². The van der Waals surface area contributed by atoms with Gasteiger partial charge in [-0.1, -0.05) is 0 Å². The van der Waals surface area contributed by atoms with Gasteiger partial charge in [0.25, 0.3) is 0 Å². The number of rotatable bonds is 2. The molecule has 0 spiro atoms. The average Bonchev–Trinajstić information content (AvgIpc) is 2.23. The minimum Gasteiger partial charge on any atom is -0.479 e. The van der Waals surface area contributed by atoms with Gasteiger partial charge in [0, 0.05) is 18.9 Å². The molecule has 1 aliphatic heterocycles. The lowest BCUT2D eigenvalue weighted by Gasteiger charge is -2.54. The topological polar surface area (TPSA) is 75.6 Å². The summed E-state index contributed by atoms with van der Waals surface area (Å²) < 4.78 is 41.8. The fourth-order valence-corrected chi connectivity index (χ4v) is 2.63. The molecule has 0 aromatic rings. The van der Waals surface area contributed by atoms with Crippen LogP contribution < -0.4 is 5.32 Å². The predicted octanol–water partition coefficient (Wildman–Crippen LogP) is 0.687. The summed E-state index contributed by atoms with van der Waals surface area (Å²) in [4.78, 5) is 22.1. The summed E-state index contributed by atoms with van der Waals surface area (Å²) in [6.45, 7) is 0.476. The maximum absolute atomic E-state index is 12.2. The number of carboxylic acid groups (broad SMARTS) is 1. The average molecular weight is 267 g/mol. The van der Waals surface area contributed by atoms with Crippen molar-refractivity contribution in [1.82, 2.24) is 5.32 Å². The first-order valence-corrected chi connectivity index (χ1v) is 5.52. The number of amides is 1. The Kier molecular flexibility index (Phi) is 3.00. The van der Waals surface area contributed by atoms with E-state index in [1.165, 1.54) is 0 Å². The van der Waals surface area contributed by atoms with Crippen LogP contribution in [0.2, 0.25) is 0 Å². The molecule has 8 heteroatoms. The summed E-state index contributed by atoms with van der Waals surface area (Å²) >= 11 is 0. The zero-order chi connectivity index (χ0) is 13.6. The lowest BCUT2D eigenvalue weighted by Crippen LogP contribution is -2.73. The maximum atomic E-state index is 12.2. The number of alkyl halides is 3. The Morgan fingerprint density at radius 3 is 2.56 bits per heavy atom. The van der Waals surface area contributed by atoms with Crippen LogP contribution in [-0.2, 0) is 14.3 Å². The Labute approximate surface area is 100 Å². The molecule has 0 aromatic heterocycles. The minimum atomic E-state index is -5.08. The molecule has 0 aromatic carbocycles. The van der Waals surface area contributed by atoms with Crippen molar-refractivity contribution in [2.75, 3.05) is 6.61 Å². The number of hydrogen-bond acceptors (Lipinski definition) is 3. The molecule has 2 N–H and O–H groups in total. The van der Waals surface area contributed by atoms with Crippen LogP contribution in [0.4, 0.5) is 13.2 Å². The van der Waals surface area contributed by atoms with Gasteiger partial charge in [-0.3, -0.25) is 4.79 Å². The predicted molar refractivity (Wildman–Crippen MR) is 51.6 cm³/mol. The molecule has 2 rings (SSSR count). The molecular weight excluding hydrogens is 255 g/mol. The lowest BCUT2D eigenvalue weighted by atomic mass is 9.61. The van der Waals surface area contributed by atoms with Crippen LogP contribution in [0, 0.1) is 5.92 Å². The number of nitrogens with one attached hydrogen (secondary N) is 1. The number of ether oxygens (including phenoxy) is 1. The summed E-state index contributed by atoms with van der Waals surface area (Å²) in [5, 5.41) is 10.7. The second-order valence-corrected chi connectivity index (χ2v) is 4.59. The van der Waals surface area contributed by atoms with Gasteiger partial charge in [-0.15, -0.1) is 0 Å². The van der Waals surface area contributed by atoms with Crippen molar-refractivity contribution < 1.29 is 32.6 Å². The smallest absolute Gasteiger partial charge is 0.471 e. The molecule has 0 radical (unpaired) electrons. The number of hydrogen-bond donors (Lipinski definition) is 2. The van der Waals surface area contributed by atoms with E-state index in [2.05, 4.69) is 0 Å². The highest BCUT2D eigenvalue weighted by Crippen LogP contribution is 2.46. The minimum absolute atomic E-state index is 0.116. The molecule has 1 amide bonds. The molecular formula is C10H12F3NO4. The Hall–Kier alpha value is -1.31. The second-order valence-electron chi connectivity index (χ2n) is 4.59. The quantitative estimate of drug-likeness (QED) is 0.771. The molecule has 5 nitrogen and oxygen atoms in total. The van der Waals surface area contributed by atoms with E-state index in [-0.39, 0.29) is 12.5 Å². The Balaban J connectivity index is 2.15. The third-order valence-electron chi connectivity index (χ3n) is 3.57. The molecule has 1 heterocycles. The maximum Gasteiger partial charge on any atom is 0.471 e. The van der Waals surface area contributed by atoms with Gasteiger partial charge < -0.3 is 15.2 Å². The number of halogens is 3. The van der Waals surface area contributed by atoms with Crippen LogP contribution >= 0.6 is 0 Å². The Bertz CT molecular complexity index is 384. The summed E-state index contributed by atoms with van der Waals surface area (Å²) in [5.41, 5.74) is -1.84. The number of fused-ring (bicyclic) bond motifs is 1. The van der Waals surface area contributed by atoms with Crippen molar-refractivity contribution in [3.8, 4) is 0 Å². The number of carboxylic acids is 1. The van der Waals surface area contributed by atoms with Crippen LogP contribution in [0.1, 0.15) is 19.3 Å². The number of carbonyl (C=O) groups excluding carboxylic acids is 1. The molecule has 1 aliphatic carbocycles. The zero-order valence-electron chi connectivity index (χ0n) is 9.29. The van der Waals surface area contributed by atoms with Crippen molar-refractivity contribution in [2.24, 2.45) is 5.92 Å². The van der Waals surface area contributed by atoms with Crippen LogP contribution in [-0.4, -0.2) is 41.4 Å². The van der Waals surface area contributed by atoms with Gasteiger partial charge in [-0.05, 0) is 12.8 Å². The first kappa shape index (κ1) is 13.1. The highest BCUT2D eigenvalue weighted by atomic mass is 19.4. The van der Waals surface area contributed by atoms with E-state index in [1.807, 2.05) is 0 Å². The summed E-state index contributed by atoms with van der Waals surface area (Å²) in [6, 6.07) is 0. The van der Waals surface area contributed by atoms with Gasteiger partial charge in [0.2, 0.25) is 0 Å². The number of carbonyl (C=O) groups is 2. The van der Waals surface area contributed by atoms with Gasteiger partial charge in [-0.2, -0.15) is 13.2 Å². The van der Waals surface area contributed by atoms with Crippen molar-refractivity contribution in [2.45, 2.75) is 37.1 Å². The van der Waals surface area contributed by atoms with Gasteiger partial charge in [0.1, 0.15) is 5.54 Å². The largest absolute Gasteiger partial charge is 0.479 e. The van der Waals surface area contributed by atoms with Crippen LogP contribution in [0.3, 0.4) is 0 Å². The molecule has 2 fully saturated rings. The van der Waals surface area contributed by atoms with Gasteiger partial charge in [-0.25, -0.2) is 4.79 Å². The fourth-order valence-electron chi connectivity index (χ4n) is 2.63. The molecule has 0 bridgehead atoms. The van der Waals surface area contributed by atoms with E-state index in [4.69, 9.17) is 9.84 Å². The van der Waals surface area contributed by atoms with E-state index in [0.29, 0.717) is 19.4 Å². The molecule has 2 aliphatic rings. The van der Waals surface area contributed by atoms with Crippen molar-refractivity contribution in [3.63, 3.8) is 0 Å². The van der Waals surface area contributed by atoms with Crippen molar-refractivity contribution in [3.05, 3.63) is 0 Å². The fraction of sp³-hybridized carbons (Fsp3) is 0.800. The SMILES string of the molecule is O=C(N[C@@]1(C(=O)O)C[C@H]2OCCC[C@H]21)C(F)(F)F. The summed E-state index contributed by atoms with van der Waals surface area (Å²) in [5.74, 6) is -4.24. The molecule has 0 unspecified atom stereocenters. The van der Waals surface area contributed by atoms with E-state index in [1.54, 1.807) is 5.32 Å². The molecule has 102 valence electrons. The van der Waals surface area contributed by atoms with Gasteiger partial charge in [0.15, 0.2) is 0 Å². The van der Waals surface area contributed by atoms with E-state index in [9.17, 15) is 22.8 Å². The molecule has 3 atom stereocenters. The molecule has 1 saturated carbocycles. The summed E-state index contributed by atoms with van der Waals surface area (Å²) in [6.07, 6.45) is -4.55. The van der Waals surface area contributed by atoms with Crippen LogP contribution in [0.5, 0.6) is 0 Å². The summed E-state index contributed by atoms with van der Waals surface area (Å²) in [7, 11) is 0. The molecule has 1 saturated heterocycles.